The van der Waals surface area contributed by atoms with E-state index in [1.54, 1.807) is 0 Å². The SMILES string of the molecule is CCCOCCOCCOCCOCCNC(=O)CCC(C)C(C)C. The van der Waals surface area contributed by atoms with Gasteiger partial charge in [0, 0.05) is 19.6 Å². The molecule has 0 heterocycles. The van der Waals surface area contributed by atoms with Crippen LogP contribution >= 0.6 is 0 Å². The van der Waals surface area contributed by atoms with Crippen LogP contribution in [0.1, 0.15) is 47.0 Å². The Balaban J connectivity index is 3.19. The van der Waals surface area contributed by atoms with Gasteiger partial charge in [-0.3, -0.25) is 4.79 Å². The summed E-state index contributed by atoms with van der Waals surface area (Å²) in [4.78, 5) is 11.7. The van der Waals surface area contributed by atoms with Crippen molar-refractivity contribution in [2.75, 3.05) is 59.4 Å². The Hall–Kier alpha value is -0.690. The number of hydrogen-bond acceptors (Lipinski definition) is 5. The number of hydrogen-bond donors (Lipinski definition) is 1. The molecule has 0 aromatic carbocycles. The summed E-state index contributed by atoms with van der Waals surface area (Å²) in [5.74, 6) is 1.30. The van der Waals surface area contributed by atoms with Crippen LogP contribution in [-0.2, 0) is 23.7 Å². The molecule has 150 valence electrons. The highest BCUT2D eigenvalue weighted by Crippen LogP contribution is 2.15. The van der Waals surface area contributed by atoms with Gasteiger partial charge in [0.05, 0.1) is 46.2 Å². The minimum absolute atomic E-state index is 0.104. The van der Waals surface area contributed by atoms with Gasteiger partial charge in [-0.25, -0.2) is 0 Å². The normalized spacial score (nSPS) is 12.5. The zero-order valence-corrected chi connectivity index (χ0v) is 16.7. The molecule has 0 saturated carbocycles. The Labute approximate surface area is 153 Å². The summed E-state index contributed by atoms with van der Waals surface area (Å²) in [7, 11) is 0. The Morgan fingerprint density at radius 2 is 1.28 bits per heavy atom. The Bertz CT molecular complexity index is 300. The minimum Gasteiger partial charge on any atom is -0.379 e. The standard InChI is InChI=1S/C19H39NO5/c1-5-9-22-11-13-24-15-16-25-14-12-23-10-8-20-19(21)7-6-18(4)17(2)3/h17-18H,5-16H2,1-4H3,(H,20,21). The second-order valence-corrected chi connectivity index (χ2v) is 6.56. The van der Waals surface area contributed by atoms with Crippen LogP contribution < -0.4 is 5.32 Å². The van der Waals surface area contributed by atoms with Crippen LogP contribution in [0.2, 0.25) is 0 Å². The van der Waals surface area contributed by atoms with Crippen LogP contribution in [0.15, 0.2) is 0 Å². The molecule has 1 atom stereocenters. The number of carbonyl (C=O) groups is 1. The zero-order valence-electron chi connectivity index (χ0n) is 16.7. The maximum atomic E-state index is 11.7. The second kappa shape index (κ2) is 18.1. The molecule has 0 aromatic rings. The summed E-state index contributed by atoms with van der Waals surface area (Å²) in [6, 6.07) is 0. The van der Waals surface area contributed by atoms with E-state index in [0.29, 0.717) is 71.0 Å². The van der Waals surface area contributed by atoms with Crippen molar-refractivity contribution in [3.05, 3.63) is 0 Å². The van der Waals surface area contributed by atoms with Crippen molar-refractivity contribution in [3.63, 3.8) is 0 Å². The van der Waals surface area contributed by atoms with Gasteiger partial charge in [-0.05, 0) is 24.7 Å². The first-order chi connectivity index (χ1) is 12.1. The van der Waals surface area contributed by atoms with Gasteiger partial charge in [-0.15, -0.1) is 0 Å². The van der Waals surface area contributed by atoms with E-state index in [1.165, 1.54) is 0 Å². The minimum atomic E-state index is 0.104. The van der Waals surface area contributed by atoms with E-state index < -0.39 is 0 Å². The largest absolute Gasteiger partial charge is 0.379 e. The number of amides is 1. The molecule has 1 unspecified atom stereocenters. The molecule has 0 fully saturated rings. The lowest BCUT2D eigenvalue weighted by atomic mass is 9.93. The number of carbonyl (C=O) groups excluding carboxylic acids is 1. The lowest BCUT2D eigenvalue weighted by molar-refractivity contribution is -0.121. The Kier molecular flexibility index (Phi) is 17.6. The monoisotopic (exact) mass is 361 g/mol. The molecular weight excluding hydrogens is 322 g/mol. The van der Waals surface area contributed by atoms with Crippen molar-refractivity contribution in [1.82, 2.24) is 5.32 Å². The van der Waals surface area contributed by atoms with Crippen LogP contribution in [0, 0.1) is 11.8 Å². The first-order valence-corrected chi connectivity index (χ1v) is 9.65. The molecule has 0 aliphatic carbocycles. The van der Waals surface area contributed by atoms with Crippen molar-refractivity contribution in [3.8, 4) is 0 Å². The topological polar surface area (TPSA) is 66.0 Å². The number of nitrogens with one attached hydrogen (secondary N) is 1. The average Bonchev–Trinajstić information content (AvgIpc) is 2.59. The van der Waals surface area contributed by atoms with Crippen LogP contribution in [-0.4, -0.2) is 65.3 Å². The van der Waals surface area contributed by atoms with Crippen LogP contribution in [0.25, 0.3) is 0 Å². The third-order valence-electron chi connectivity index (χ3n) is 4.00. The fraction of sp³-hybridized carbons (Fsp3) is 0.947. The molecule has 25 heavy (non-hydrogen) atoms. The lowest BCUT2D eigenvalue weighted by Gasteiger charge is -2.14. The fourth-order valence-electron chi connectivity index (χ4n) is 1.95. The maximum Gasteiger partial charge on any atom is 0.220 e. The molecular formula is C19H39NO5. The summed E-state index contributed by atoms with van der Waals surface area (Å²) in [6.07, 6.45) is 2.56. The van der Waals surface area contributed by atoms with Gasteiger partial charge in [0.15, 0.2) is 0 Å². The Morgan fingerprint density at radius 1 is 0.800 bits per heavy atom. The van der Waals surface area contributed by atoms with Crippen molar-refractivity contribution in [1.29, 1.82) is 0 Å². The molecule has 0 aliphatic heterocycles. The molecule has 0 aliphatic rings. The first kappa shape index (κ1) is 24.3. The zero-order chi connectivity index (χ0) is 18.8. The van der Waals surface area contributed by atoms with E-state index in [1.807, 2.05) is 0 Å². The van der Waals surface area contributed by atoms with Gasteiger partial charge in [-0.1, -0.05) is 27.7 Å². The molecule has 6 nitrogen and oxygen atoms in total. The third kappa shape index (κ3) is 17.9. The molecule has 0 radical (unpaired) electrons. The van der Waals surface area contributed by atoms with E-state index in [2.05, 4.69) is 33.0 Å². The number of ether oxygens (including phenoxy) is 4. The summed E-state index contributed by atoms with van der Waals surface area (Å²) >= 11 is 0. The maximum absolute atomic E-state index is 11.7. The highest BCUT2D eigenvalue weighted by molar-refractivity contribution is 5.75. The molecule has 6 heteroatoms. The Morgan fingerprint density at radius 3 is 1.76 bits per heavy atom. The molecule has 0 aromatic heterocycles. The second-order valence-electron chi connectivity index (χ2n) is 6.56. The predicted molar refractivity (Wildman–Crippen MR) is 99.8 cm³/mol. The quantitative estimate of drug-likeness (QED) is 0.380. The van der Waals surface area contributed by atoms with Gasteiger partial charge < -0.3 is 24.3 Å². The molecule has 1 amide bonds. The van der Waals surface area contributed by atoms with Gasteiger partial charge in [0.25, 0.3) is 0 Å². The molecule has 0 bridgehead atoms. The molecule has 0 spiro atoms. The highest BCUT2D eigenvalue weighted by Gasteiger charge is 2.09. The van der Waals surface area contributed by atoms with E-state index in [-0.39, 0.29) is 5.91 Å². The predicted octanol–water partition coefficient (Wildman–Crippen LogP) is 2.65. The summed E-state index contributed by atoms with van der Waals surface area (Å²) in [6.45, 7) is 13.9. The van der Waals surface area contributed by atoms with Gasteiger partial charge in [0.1, 0.15) is 0 Å². The van der Waals surface area contributed by atoms with E-state index in [9.17, 15) is 4.79 Å². The van der Waals surface area contributed by atoms with Crippen molar-refractivity contribution >= 4 is 5.91 Å². The average molecular weight is 362 g/mol. The third-order valence-corrected chi connectivity index (χ3v) is 4.00. The van der Waals surface area contributed by atoms with Crippen LogP contribution in [0.5, 0.6) is 0 Å². The van der Waals surface area contributed by atoms with E-state index in [0.717, 1.165) is 19.4 Å². The highest BCUT2D eigenvalue weighted by atomic mass is 16.6. The smallest absolute Gasteiger partial charge is 0.220 e. The first-order valence-electron chi connectivity index (χ1n) is 9.65. The van der Waals surface area contributed by atoms with E-state index in [4.69, 9.17) is 18.9 Å². The lowest BCUT2D eigenvalue weighted by Crippen LogP contribution is -2.28. The summed E-state index contributed by atoms with van der Waals surface area (Å²) in [5.41, 5.74) is 0. The van der Waals surface area contributed by atoms with Gasteiger partial charge in [-0.2, -0.15) is 0 Å². The van der Waals surface area contributed by atoms with Crippen molar-refractivity contribution in [2.45, 2.75) is 47.0 Å². The van der Waals surface area contributed by atoms with Crippen LogP contribution in [0.4, 0.5) is 0 Å². The van der Waals surface area contributed by atoms with E-state index >= 15 is 0 Å². The summed E-state index contributed by atoms with van der Waals surface area (Å²) in [5, 5.41) is 2.88. The van der Waals surface area contributed by atoms with Crippen LogP contribution in [0.3, 0.4) is 0 Å². The molecule has 0 saturated heterocycles. The number of rotatable bonds is 18. The fourth-order valence-corrected chi connectivity index (χ4v) is 1.95. The van der Waals surface area contributed by atoms with Crippen molar-refractivity contribution < 1.29 is 23.7 Å². The summed E-state index contributed by atoms with van der Waals surface area (Å²) < 4.78 is 21.5. The molecule has 1 N–H and O–H groups in total. The van der Waals surface area contributed by atoms with Gasteiger partial charge >= 0.3 is 0 Å². The van der Waals surface area contributed by atoms with Gasteiger partial charge in [0.2, 0.25) is 5.91 Å². The van der Waals surface area contributed by atoms with Crippen molar-refractivity contribution in [2.24, 2.45) is 11.8 Å². The molecule has 0 rings (SSSR count).